The highest BCUT2D eigenvalue weighted by Crippen LogP contribution is 2.31. The third-order valence-electron chi connectivity index (χ3n) is 2.33. The second-order valence-electron chi connectivity index (χ2n) is 3.57. The van der Waals surface area contributed by atoms with Gasteiger partial charge in [-0.3, -0.25) is 0 Å². The Morgan fingerprint density at radius 2 is 2.12 bits per heavy atom. The molecule has 0 saturated carbocycles. The summed E-state index contributed by atoms with van der Waals surface area (Å²) < 4.78 is 24.9. The lowest BCUT2D eigenvalue weighted by Gasteiger charge is -2.23. The molecule has 0 amide bonds. The van der Waals surface area contributed by atoms with Crippen molar-refractivity contribution in [3.63, 3.8) is 0 Å². The van der Waals surface area contributed by atoms with E-state index in [1.165, 1.54) is 14.1 Å². The normalized spacial score (nSPS) is 22.3. The maximum atomic E-state index is 11.9. The van der Waals surface area contributed by atoms with E-state index in [0.717, 1.165) is 4.31 Å². The molecule has 16 heavy (non-hydrogen) atoms. The molecule has 0 fully saturated rings. The number of hydrogen-bond donors (Lipinski definition) is 2. The molecule has 5 nitrogen and oxygen atoms in total. The molecule has 1 atom stereocenters. The van der Waals surface area contributed by atoms with Gasteiger partial charge in [0.15, 0.2) is 5.76 Å². The van der Waals surface area contributed by atoms with Gasteiger partial charge < -0.3 is 10.4 Å². The number of aliphatic hydroxyl groups is 1. The molecular formula is C9H15ClN2O3S. The van der Waals surface area contributed by atoms with Crippen molar-refractivity contribution in [3.05, 3.63) is 22.4 Å². The van der Waals surface area contributed by atoms with Crippen molar-refractivity contribution >= 4 is 21.6 Å². The fraction of sp³-hybridized carbons (Fsp3) is 0.556. The van der Waals surface area contributed by atoms with Crippen LogP contribution in [0.25, 0.3) is 0 Å². The third-order valence-corrected chi connectivity index (χ3v) is 4.85. The van der Waals surface area contributed by atoms with E-state index in [9.17, 15) is 13.5 Å². The maximum Gasteiger partial charge on any atom is 0.243 e. The van der Waals surface area contributed by atoms with E-state index in [0.29, 0.717) is 12.1 Å². The highest BCUT2D eigenvalue weighted by Gasteiger charge is 2.34. The molecule has 2 N–H and O–H groups in total. The molecular weight excluding hydrogens is 252 g/mol. The second kappa shape index (κ2) is 4.65. The van der Waals surface area contributed by atoms with E-state index in [1.807, 2.05) is 0 Å². The molecule has 1 rings (SSSR count). The molecule has 92 valence electrons. The van der Waals surface area contributed by atoms with E-state index in [2.05, 4.69) is 5.32 Å². The lowest BCUT2D eigenvalue weighted by molar-refractivity contribution is 0.405. The molecule has 0 aromatic heterocycles. The van der Waals surface area contributed by atoms with E-state index < -0.39 is 15.4 Å². The van der Waals surface area contributed by atoms with Crippen LogP contribution in [-0.4, -0.2) is 44.3 Å². The van der Waals surface area contributed by atoms with Gasteiger partial charge in [-0.25, -0.2) is 12.7 Å². The van der Waals surface area contributed by atoms with Crippen LogP contribution in [-0.2, 0) is 10.0 Å². The molecule has 0 radical (unpaired) electrons. The first-order valence-electron chi connectivity index (χ1n) is 4.70. The van der Waals surface area contributed by atoms with Gasteiger partial charge in [0.25, 0.3) is 0 Å². The van der Waals surface area contributed by atoms with E-state index in [4.69, 9.17) is 11.6 Å². The summed E-state index contributed by atoms with van der Waals surface area (Å²) in [5.74, 6) is -0.303. The van der Waals surface area contributed by atoms with Crippen molar-refractivity contribution in [3.8, 4) is 0 Å². The Bertz CT molecular complexity index is 440. The number of allylic oxidation sites excluding steroid dienone is 2. The summed E-state index contributed by atoms with van der Waals surface area (Å²) in [6.07, 6.45) is 2.03. The first-order valence-corrected chi connectivity index (χ1v) is 6.58. The van der Waals surface area contributed by atoms with Crippen molar-refractivity contribution < 1.29 is 13.5 Å². The number of likely N-dealkylation sites (N-methyl/N-ethyl adjacent to an activating group) is 1. The van der Waals surface area contributed by atoms with Crippen molar-refractivity contribution in [2.75, 3.05) is 21.1 Å². The van der Waals surface area contributed by atoms with Crippen LogP contribution < -0.4 is 5.32 Å². The van der Waals surface area contributed by atoms with Crippen molar-refractivity contribution in [1.29, 1.82) is 0 Å². The third kappa shape index (κ3) is 2.18. The number of aliphatic hydroxyl groups excluding tert-OH is 1. The van der Waals surface area contributed by atoms with Crippen molar-refractivity contribution in [2.24, 2.45) is 0 Å². The summed E-state index contributed by atoms with van der Waals surface area (Å²) in [6, 6.07) is 0. The average molecular weight is 267 g/mol. The number of alkyl halides is 1. The number of nitrogens with zero attached hydrogens (tertiary/aromatic N) is 1. The highest BCUT2D eigenvalue weighted by molar-refractivity contribution is 7.93. The Morgan fingerprint density at radius 3 is 2.56 bits per heavy atom. The van der Waals surface area contributed by atoms with Gasteiger partial charge in [0.1, 0.15) is 4.91 Å². The minimum Gasteiger partial charge on any atom is -0.505 e. The minimum absolute atomic E-state index is 0.147. The number of sulfonamides is 1. The molecule has 0 aromatic carbocycles. The van der Waals surface area contributed by atoms with Crippen LogP contribution in [0.1, 0.15) is 6.42 Å². The SMILES string of the molecule is CNC1=CCC(Cl)C(S(=O)(=O)N(C)C)=C1O. The van der Waals surface area contributed by atoms with Gasteiger partial charge in [0, 0.05) is 21.1 Å². The van der Waals surface area contributed by atoms with Gasteiger partial charge in [-0.05, 0) is 6.42 Å². The zero-order valence-electron chi connectivity index (χ0n) is 9.36. The number of halogens is 1. The first-order chi connectivity index (χ1) is 7.32. The van der Waals surface area contributed by atoms with E-state index in [-0.39, 0.29) is 10.7 Å². The predicted octanol–water partition coefficient (Wildman–Crippen LogP) is 0.762. The number of rotatable bonds is 3. The average Bonchev–Trinajstić information content (AvgIpc) is 2.17. The summed E-state index contributed by atoms with van der Waals surface area (Å²) in [7, 11) is 0.715. The molecule has 0 bridgehead atoms. The predicted molar refractivity (Wildman–Crippen MR) is 63.7 cm³/mol. The second-order valence-corrected chi connectivity index (χ2v) is 6.22. The quantitative estimate of drug-likeness (QED) is 0.740. The summed E-state index contributed by atoms with van der Waals surface area (Å²) >= 11 is 5.93. The minimum atomic E-state index is -3.69. The van der Waals surface area contributed by atoms with Crippen molar-refractivity contribution in [1.82, 2.24) is 9.62 Å². The molecule has 1 unspecified atom stereocenters. The summed E-state index contributed by atoms with van der Waals surface area (Å²) in [6.45, 7) is 0. The Labute approximate surface area is 100 Å². The lowest BCUT2D eigenvalue weighted by Crippen LogP contribution is -2.31. The molecule has 1 aliphatic carbocycles. The molecule has 0 aliphatic heterocycles. The summed E-state index contributed by atoms with van der Waals surface area (Å²) in [5, 5.41) is 11.8. The van der Waals surface area contributed by atoms with Crippen molar-refractivity contribution in [2.45, 2.75) is 11.8 Å². The van der Waals surface area contributed by atoms with Gasteiger partial charge in [0.05, 0.1) is 11.1 Å². The van der Waals surface area contributed by atoms with Gasteiger partial charge in [-0.15, -0.1) is 11.6 Å². The Kier molecular flexibility index (Phi) is 3.88. The van der Waals surface area contributed by atoms with Crippen LogP contribution in [0.2, 0.25) is 0 Å². The van der Waals surface area contributed by atoms with E-state index in [1.54, 1.807) is 13.1 Å². The fourth-order valence-electron chi connectivity index (χ4n) is 1.41. The fourth-order valence-corrected chi connectivity index (χ4v) is 3.10. The maximum absolute atomic E-state index is 11.9. The smallest absolute Gasteiger partial charge is 0.243 e. The van der Waals surface area contributed by atoms with Gasteiger partial charge in [0.2, 0.25) is 10.0 Å². The van der Waals surface area contributed by atoms with Gasteiger partial charge >= 0.3 is 0 Å². The van der Waals surface area contributed by atoms with Crippen LogP contribution in [0, 0.1) is 0 Å². The first kappa shape index (κ1) is 13.3. The molecule has 7 heteroatoms. The van der Waals surface area contributed by atoms with Crippen LogP contribution in [0.4, 0.5) is 0 Å². The standard InChI is InChI=1S/C9H15ClN2O3S/c1-11-7-5-4-6(10)9(8(7)13)16(14,15)12(2)3/h5-6,11,13H,4H2,1-3H3. The highest BCUT2D eigenvalue weighted by atomic mass is 35.5. The monoisotopic (exact) mass is 266 g/mol. The summed E-state index contributed by atoms with van der Waals surface area (Å²) in [5.41, 5.74) is 0.386. The zero-order chi connectivity index (χ0) is 12.5. The van der Waals surface area contributed by atoms with Crippen LogP contribution in [0.5, 0.6) is 0 Å². The molecule has 0 spiro atoms. The molecule has 0 heterocycles. The lowest BCUT2D eigenvalue weighted by atomic mass is 10.1. The van der Waals surface area contributed by atoms with Crippen LogP contribution >= 0.6 is 11.6 Å². The van der Waals surface area contributed by atoms with E-state index >= 15 is 0 Å². The number of nitrogens with one attached hydrogen (secondary N) is 1. The molecule has 1 aliphatic rings. The molecule has 0 saturated heterocycles. The Hall–Kier alpha value is -0.720. The van der Waals surface area contributed by atoms with Gasteiger partial charge in [-0.2, -0.15) is 0 Å². The molecule has 0 aromatic rings. The van der Waals surface area contributed by atoms with Gasteiger partial charge in [-0.1, -0.05) is 6.08 Å². The zero-order valence-corrected chi connectivity index (χ0v) is 10.9. The van der Waals surface area contributed by atoms with Crippen LogP contribution in [0.3, 0.4) is 0 Å². The Balaban J connectivity index is 3.34. The summed E-state index contributed by atoms with van der Waals surface area (Å²) in [4.78, 5) is -0.147. The topological polar surface area (TPSA) is 69.6 Å². The van der Waals surface area contributed by atoms with Crippen LogP contribution in [0.15, 0.2) is 22.4 Å². The largest absolute Gasteiger partial charge is 0.505 e. The Morgan fingerprint density at radius 1 is 1.56 bits per heavy atom. The number of hydrogen-bond acceptors (Lipinski definition) is 4.